The molecule has 134 valence electrons. The Labute approximate surface area is 162 Å². The van der Waals surface area contributed by atoms with Gasteiger partial charge in [-0.1, -0.05) is 37.3 Å². The van der Waals surface area contributed by atoms with Gasteiger partial charge in [0.25, 0.3) is 0 Å². The van der Waals surface area contributed by atoms with Crippen molar-refractivity contribution in [2.75, 3.05) is 33.2 Å². The molecule has 2 rings (SSSR count). The maximum absolute atomic E-state index is 12.2. The normalized spacial score (nSPS) is 16.1. The number of amides is 1. The van der Waals surface area contributed by atoms with E-state index in [-0.39, 0.29) is 29.9 Å². The second-order valence-corrected chi connectivity index (χ2v) is 6.06. The van der Waals surface area contributed by atoms with Crippen LogP contribution in [-0.2, 0) is 4.79 Å². The monoisotopic (exact) mass is 444 g/mol. The SMILES string of the molecule is CN=C(NCC(=O)N1CCCCC1)NCC(C)c1ccccc1.I. The average molecular weight is 444 g/mol. The highest BCUT2D eigenvalue weighted by Gasteiger charge is 2.16. The molecule has 0 bridgehead atoms. The summed E-state index contributed by atoms with van der Waals surface area (Å²) in [7, 11) is 1.73. The van der Waals surface area contributed by atoms with Crippen LogP contribution in [0.25, 0.3) is 0 Å². The standard InChI is InChI=1S/C18H28N4O.HI/c1-15(16-9-5-3-6-10-16)13-20-18(19-2)21-14-17(23)22-11-7-4-8-12-22;/h3,5-6,9-10,15H,4,7-8,11-14H2,1-2H3,(H2,19,20,21);1H. The number of hydrogen-bond acceptors (Lipinski definition) is 2. The summed E-state index contributed by atoms with van der Waals surface area (Å²) < 4.78 is 0. The minimum Gasteiger partial charge on any atom is -0.356 e. The van der Waals surface area contributed by atoms with Crippen molar-refractivity contribution >= 4 is 35.8 Å². The van der Waals surface area contributed by atoms with E-state index in [1.54, 1.807) is 7.05 Å². The molecule has 1 saturated heterocycles. The number of guanidine groups is 1. The molecule has 1 aromatic rings. The molecule has 24 heavy (non-hydrogen) atoms. The van der Waals surface area contributed by atoms with Crippen molar-refractivity contribution in [1.82, 2.24) is 15.5 Å². The third-order valence-electron chi connectivity index (χ3n) is 4.28. The summed E-state index contributed by atoms with van der Waals surface area (Å²) >= 11 is 0. The quantitative estimate of drug-likeness (QED) is 0.417. The zero-order valence-corrected chi connectivity index (χ0v) is 17.0. The largest absolute Gasteiger partial charge is 0.356 e. The Bertz CT molecular complexity index is 515. The van der Waals surface area contributed by atoms with E-state index in [9.17, 15) is 4.79 Å². The highest BCUT2D eigenvalue weighted by atomic mass is 127. The van der Waals surface area contributed by atoms with Crippen molar-refractivity contribution in [2.24, 2.45) is 4.99 Å². The van der Waals surface area contributed by atoms with Crippen LogP contribution in [0.2, 0.25) is 0 Å². The minimum absolute atomic E-state index is 0. The number of benzene rings is 1. The summed E-state index contributed by atoms with van der Waals surface area (Å²) in [6.45, 7) is 5.03. The fraction of sp³-hybridized carbons (Fsp3) is 0.556. The van der Waals surface area contributed by atoms with Gasteiger partial charge in [0, 0.05) is 26.7 Å². The van der Waals surface area contributed by atoms with Gasteiger partial charge in [-0.05, 0) is 30.7 Å². The summed E-state index contributed by atoms with van der Waals surface area (Å²) in [5.41, 5.74) is 1.29. The van der Waals surface area contributed by atoms with Crippen molar-refractivity contribution < 1.29 is 4.79 Å². The van der Waals surface area contributed by atoms with E-state index >= 15 is 0 Å². The number of nitrogens with one attached hydrogen (secondary N) is 2. The highest BCUT2D eigenvalue weighted by molar-refractivity contribution is 14.0. The summed E-state index contributed by atoms with van der Waals surface area (Å²) in [5, 5.41) is 6.42. The zero-order valence-electron chi connectivity index (χ0n) is 14.6. The molecule has 1 aliphatic rings. The molecule has 0 radical (unpaired) electrons. The number of hydrogen-bond donors (Lipinski definition) is 2. The van der Waals surface area contributed by atoms with Gasteiger partial charge < -0.3 is 15.5 Å². The van der Waals surface area contributed by atoms with Crippen molar-refractivity contribution in [3.8, 4) is 0 Å². The molecule has 0 aliphatic carbocycles. The summed E-state index contributed by atoms with van der Waals surface area (Å²) in [4.78, 5) is 18.3. The number of rotatable bonds is 5. The number of aliphatic imine (C=N–C) groups is 1. The van der Waals surface area contributed by atoms with Gasteiger partial charge in [-0.15, -0.1) is 24.0 Å². The van der Waals surface area contributed by atoms with E-state index in [0.717, 1.165) is 32.5 Å². The highest BCUT2D eigenvalue weighted by Crippen LogP contribution is 2.12. The number of piperidine rings is 1. The minimum atomic E-state index is 0. The fourth-order valence-electron chi connectivity index (χ4n) is 2.78. The van der Waals surface area contributed by atoms with E-state index in [4.69, 9.17) is 0 Å². The molecule has 1 unspecified atom stereocenters. The Morgan fingerprint density at radius 2 is 1.83 bits per heavy atom. The van der Waals surface area contributed by atoms with Gasteiger partial charge in [-0.3, -0.25) is 9.79 Å². The molecule has 1 amide bonds. The lowest BCUT2D eigenvalue weighted by Crippen LogP contribution is -2.46. The zero-order chi connectivity index (χ0) is 16.5. The summed E-state index contributed by atoms with van der Waals surface area (Å²) in [6, 6.07) is 10.4. The van der Waals surface area contributed by atoms with E-state index in [2.05, 4.69) is 46.8 Å². The van der Waals surface area contributed by atoms with Crippen LogP contribution < -0.4 is 10.6 Å². The van der Waals surface area contributed by atoms with Crippen molar-refractivity contribution in [1.29, 1.82) is 0 Å². The molecule has 1 aromatic carbocycles. The predicted octanol–water partition coefficient (Wildman–Crippen LogP) is 2.59. The van der Waals surface area contributed by atoms with Gasteiger partial charge in [0.2, 0.25) is 5.91 Å². The number of likely N-dealkylation sites (tertiary alicyclic amines) is 1. The maximum Gasteiger partial charge on any atom is 0.241 e. The van der Waals surface area contributed by atoms with Crippen LogP contribution in [0, 0.1) is 0 Å². The molecule has 1 aliphatic heterocycles. The van der Waals surface area contributed by atoms with Gasteiger partial charge >= 0.3 is 0 Å². The lowest BCUT2D eigenvalue weighted by Gasteiger charge is -2.27. The van der Waals surface area contributed by atoms with Gasteiger partial charge in [-0.25, -0.2) is 0 Å². The Morgan fingerprint density at radius 3 is 2.46 bits per heavy atom. The average Bonchev–Trinajstić information content (AvgIpc) is 2.62. The molecule has 0 saturated carbocycles. The van der Waals surface area contributed by atoms with E-state index in [0.29, 0.717) is 18.4 Å². The van der Waals surface area contributed by atoms with Crippen LogP contribution in [0.4, 0.5) is 0 Å². The number of carbonyl (C=O) groups excluding carboxylic acids is 1. The summed E-state index contributed by atoms with van der Waals surface area (Å²) in [5.74, 6) is 1.22. The second-order valence-electron chi connectivity index (χ2n) is 6.06. The van der Waals surface area contributed by atoms with Crippen LogP contribution in [0.3, 0.4) is 0 Å². The molecule has 1 fully saturated rings. The van der Waals surface area contributed by atoms with E-state index in [1.165, 1.54) is 12.0 Å². The first kappa shape index (κ1) is 20.7. The number of nitrogens with zero attached hydrogens (tertiary/aromatic N) is 2. The number of carbonyl (C=O) groups is 1. The first-order chi connectivity index (χ1) is 11.2. The molecule has 1 atom stereocenters. The van der Waals surface area contributed by atoms with Crippen LogP contribution in [0.1, 0.15) is 37.7 Å². The van der Waals surface area contributed by atoms with Gasteiger partial charge in [0.15, 0.2) is 5.96 Å². The Hall–Kier alpha value is -1.31. The third-order valence-corrected chi connectivity index (χ3v) is 4.28. The van der Waals surface area contributed by atoms with E-state index < -0.39 is 0 Å². The van der Waals surface area contributed by atoms with E-state index in [1.807, 2.05) is 11.0 Å². The molecule has 0 spiro atoms. The molecule has 5 nitrogen and oxygen atoms in total. The van der Waals surface area contributed by atoms with Crippen LogP contribution in [0.15, 0.2) is 35.3 Å². The van der Waals surface area contributed by atoms with Crippen molar-refractivity contribution in [3.05, 3.63) is 35.9 Å². The van der Waals surface area contributed by atoms with Gasteiger partial charge in [-0.2, -0.15) is 0 Å². The third kappa shape index (κ3) is 6.67. The second kappa shape index (κ2) is 11.3. The number of halogens is 1. The first-order valence-corrected chi connectivity index (χ1v) is 8.48. The molecular formula is C18H29IN4O. The van der Waals surface area contributed by atoms with Crippen LogP contribution in [-0.4, -0.2) is 50.0 Å². The summed E-state index contributed by atoms with van der Waals surface area (Å²) in [6.07, 6.45) is 3.47. The van der Waals surface area contributed by atoms with Gasteiger partial charge in [0.05, 0.1) is 6.54 Å². The Kier molecular flexibility index (Phi) is 9.75. The first-order valence-electron chi connectivity index (χ1n) is 8.48. The lowest BCUT2D eigenvalue weighted by atomic mass is 10.0. The smallest absolute Gasteiger partial charge is 0.241 e. The van der Waals surface area contributed by atoms with Crippen LogP contribution in [0.5, 0.6) is 0 Å². The molecule has 1 heterocycles. The Morgan fingerprint density at radius 1 is 1.17 bits per heavy atom. The molecule has 6 heteroatoms. The maximum atomic E-state index is 12.2. The van der Waals surface area contributed by atoms with Crippen molar-refractivity contribution in [2.45, 2.75) is 32.1 Å². The molecule has 2 N–H and O–H groups in total. The fourth-order valence-corrected chi connectivity index (χ4v) is 2.78. The van der Waals surface area contributed by atoms with Crippen LogP contribution >= 0.6 is 24.0 Å². The Balaban J connectivity index is 0.00000288. The topological polar surface area (TPSA) is 56.7 Å². The molecular weight excluding hydrogens is 415 g/mol. The van der Waals surface area contributed by atoms with Gasteiger partial charge in [0.1, 0.15) is 0 Å². The predicted molar refractivity (Wildman–Crippen MR) is 110 cm³/mol. The van der Waals surface area contributed by atoms with Crippen molar-refractivity contribution in [3.63, 3.8) is 0 Å². The molecule has 0 aromatic heterocycles. The lowest BCUT2D eigenvalue weighted by molar-refractivity contribution is -0.130.